The van der Waals surface area contributed by atoms with Crippen molar-refractivity contribution >= 4 is 7.75 Å². The summed E-state index contributed by atoms with van der Waals surface area (Å²) in [6, 6.07) is 0. The van der Waals surface area contributed by atoms with Crippen molar-refractivity contribution < 1.29 is 24.2 Å². The van der Waals surface area contributed by atoms with Gasteiger partial charge in [0.05, 0.1) is 19.8 Å². The van der Waals surface area contributed by atoms with Crippen LogP contribution < -0.4 is 5.09 Å². The fourth-order valence-electron chi connectivity index (χ4n) is 0.430. The van der Waals surface area contributed by atoms with Crippen molar-refractivity contribution in [2.24, 2.45) is 0 Å². The van der Waals surface area contributed by atoms with Crippen LogP contribution in [-0.2, 0) is 9.30 Å². The van der Waals surface area contributed by atoms with Crippen molar-refractivity contribution in [3.8, 4) is 0 Å². The van der Waals surface area contributed by atoms with Gasteiger partial charge < -0.3 is 19.6 Å². The maximum absolute atomic E-state index is 10.1. The first kappa shape index (κ1) is 11.0. The van der Waals surface area contributed by atoms with Crippen molar-refractivity contribution in [3.63, 3.8) is 0 Å². The molecule has 0 rings (SSSR count). The lowest BCUT2D eigenvalue weighted by Gasteiger charge is -2.05. The van der Waals surface area contributed by atoms with E-state index in [-0.39, 0.29) is 26.4 Å². The highest BCUT2D eigenvalue weighted by Crippen LogP contribution is 2.26. The van der Waals surface area contributed by atoms with E-state index in [0.29, 0.717) is 0 Å². The lowest BCUT2D eigenvalue weighted by Crippen LogP contribution is -2.17. The summed E-state index contributed by atoms with van der Waals surface area (Å²) in [5.74, 6) is 0. The predicted molar refractivity (Wildman–Crippen MR) is 38.0 cm³/mol. The molecule has 0 bridgehead atoms. The molecule has 0 fully saturated rings. The highest BCUT2D eigenvalue weighted by molar-refractivity contribution is 7.49. The minimum absolute atomic E-state index is 0.0737. The number of aliphatic hydroxyl groups excluding tert-OH is 1. The Morgan fingerprint density at radius 1 is 1.36 bits per heavy atom. The maximum Gasteiger partial charge on any atom is 0.400 e. The minimum atomic E-state index is -4.11. The normalized spacial score (nSPS) is 11.9. The Kier molecular flexibility index (Phi) is 5.67. The number of rotatable bonds is 6. The molecule has 0 atom stereocenters. The standard InChI is InChI=1S/C4H12NO5P/c6-2-4-10-3-1-5-11(7,8)9/h6H,1-4H2,(H3,5,7,8,9). The Hall–Kier alpha value is 0.0300. The molecule has 6 nitrogen and oxygen atoms in total. The van der Waals surface area contributed by atoms with Gasteiger partial charge in [-0.25, -0.2) is 9.65 Å². The maximum atomic E-state index is 10.1. The first-order chi connectivity index (χ1) is 5.06. The molecule has 0 radical (unpaired) electrons. The van der Waals surface area contributed by atoms with Crippen molar-refractivity contribution in [2.75, 3.05) is 26.4 Å². The Labute approximate surface area is 64.4 Å². The average Bonchev–Trinajstić information content (AvgIpc) is 1.85. The van der Waals surface area contributed by atoms with E-state index in [1.165, 1.54) is 0 Å². The number of hydrogen-bond acceptors (Lipinski definition) is 3. The van der Waals surface area contributed by atoms with Crippen LogP contribution in [0.15, 0.2) is 0 Å². The monoisotopic (exact) mass is 185 g/mol. The molecule has 0 aliphatic heterocycles. The Morgan fingerprint density at radius 3 is 2.45 bits per heavy atom. The third kappa shape index (κ3) is 10.0. The van der Waals surface area contributed by atoms with Crippen LogP contribution in [0.1, 0.15) is 0 Å². The summed E-state index contributed by atoms with van der Waals surface area (Å²) >= 11 is 0. The molecular weight excluding hydrogens is 173 g/mol. The molecule has 0 aromatic carbocycles. The van der Waals surface area contributed by atoms with E-state index in [1.54, 1.807) is 0 Å². The first-order valence-corrected chi connectivity index (χ1v) is 4.67. The van der Waals surface area contributed by atoms with Crippen LogP contribution in [0.2, 0.25) is 0 Å². The van der Waals surface area contributed by atoms with Crippen LogP contribution in [0.4, 0.5) is 0 Å². The number of ether oxygens (including phenoxy) is 1. The third-order valence-electron chi connectivity index (χ3n) is 0.800. The Bertz CT molecular complexity index is 134. The molecule has 0 aromatic rings. The van der Waals surface area contributed by atoms with Gasteiger partial charge in [-0.15, -0.1) is 0 Å². The van der Waals surface area contributed by atoms with Crippen LogP contribution >= 0.6 is 7.75 Å². The second kappa shape index (κ2) is 5.65. The van der Waals surface area contributed by atoms with Crippen LogP contribution in [0.5, 0.6) is 0 Å². The first-order valence-electron chi connectivity index (χ1n) is 3.05. The molecule has 0 unspecified atom stereocenters. The number of nitrogens with one attached hydrogen (secondary N) is 1. The molecule has 0 aromatic heterocycles. The van der Waals surface area contributed by atoms with E-state index in [1.807, 2.05) is 5.09 Å². The topological polar surface area (TPSA) is 99.0 Å². The predicted octanol–water partition coefficient (Wildman–Crippen LogP) is -1.32. The van der Waals surface area contributed by atoms with Gasteiger partial charge in [0, 0.05) is 6.54 Å². The summed E-state index contributed by atoms with van der Waals surface area (Å²) in [4.78, 5) is 16.5. The summed E-state index contributed by atoms with van der Waals surface area (Å²) in [6.07, 6.45) is 0. The molecule has 0 spiro atoms. The fraction of sp³-hybridized carbons (Fsp3) is 1.00. The molecule has 0 amide bonds. The lowest BCUT2D eigenvalue weighted by atomic mass is 10.7. The van der Waals surface area contributed by atoms with Gasteiger partial charge in [0.1, 0.15) is 0 Å². The summed E-state index contributed by atoms with van der Waals surface area (Å²) in [5, 5.41) is 10.2. The largest absolute Gasteiger partial charge is 0.400 e. The van der Waals surface area contributed by atoms with Crippen LogP contribution in [0.25, 0.3) is 0 Å². The second-order valence-corrected chi connectivity index (χ2v) is 3.19. The van der Waals surface area contributed by atoms with Crippen molar-refractivity contribution in [1.29, 1.82) is 0 Å². The zero-order valence-electron chi connectivity index (χ0n) is 5.93. The zero-order chi connectivity index (χ0) is 8.74. The van der Waals surface area contributed by atoms with E-state index in [4.69, 9.17) is 19.6 Å². The van der Waals surface area contributed by atoms with Gasteiger partial charge in [-0.3, -0.25) is 0 Å². The van der Waals surface area contributed by atoms with Gasteiger partial charge in [0.15, 0.2) is 0 Å². The number of aliphatic hydroxyl groups is 1. The van der Waals surface area contributed by atoms with E-state index in [9.17, 15) is 4.57 Å². The van der Waals surface area contributed by atoms with E-state index < -0.39 is 7.75 Å². The van der Waals surface area contributed by atoms with Crippen LogP contribution in [-0.4, -0.2) is 41.3 Å². The third-order valence-corrected chi connectivity index (χ3v) is 1.44. The highest BCUT2D eigenvalue weighted by Gasteiger charge is 2.09. The molecule has 0 saturated carbocycles. The zero-order valence-corrected chi connectivity index (χ0v) is 6.83. The van der Waals surface area contributed by atoms with Gasteiger partial charge in [-0.2, -0.15) is 0 Å². The quantitative estimate of drug-likeness (QED) is 0.302. The Morgan fingerprint density at radius 2 is 2.00 bits per heavy atom. The van der Waals surface area contributed by atoms with Crippen molar-refractivity contribution in [1.82, 2.24) is 5.09 Å². The summed E-state index contributed by atoms with van der Waals surface area (Å²) in [5.41, 5.74) is 0. The molecule has 0 aliphatic carbocycles. The van der Waals surface area contributed by atoms with Crippen LogP contribution in [0, 0.1) is 0 Å². The lowest BCUT2D eigenvalue weighted by molar-refractivity contribution is 0.0953. The van der Waals surface area contributed by atoms with Crippen LogP contribution in [0.3, 0.4) is 0 Å². The van der Waals surface area contributed by atoms with Gasteiger partial charge in [-0.1, -0.05) is 0 Å². The summed E-state index contributed by atoms with van der Waals surface area (Å²) in [7, 11) is -4.11. The highest BCUT2D eigenvalue weighted by atomic mass is 31.2. The Balaban J connectivity index is 3.09. The van der Waals surface area contributed by atoms with Gasteiger partial charge in [0.25, 0.3) is 0 Å². The van der Waals surface area contributed by atoms with E-state index in [0.717, 1.165) is 0 Å². The molecule has 11 heavy (non-hydrogen) atoms. The average molecular weight is 185 g/mol. The van der Waals surface area contributed by atoms with Gasteiger partial charge in [-0.05, 0) is 0 Å². The minimum Gasteiger partial charge on any atom is -0.394 e. The molecule has 7 heteroatoms. The molecule has 0 saturated heterocycles. The van der Waals surface area contributed by atoms with E-state index >= 15 is 0 Å². The summed E-state index contributed by atoms with van der Waals surface area (Å²) < 4.78 is 14.9. The van der Waals surface area contributed by atoms with Crippen molar-refractivity contribution in [2.45, 2.75) is 0 Å². The molecule has 0 aliphatic rings. The molecular formula is C4H12NO5P. The SMILES string of the molecule is O=P(O)(O)NCCOCCO. The van der Waals surface area contributed by atoms with Gasteiger partial charge >= 0.3 is 7.75 Å². The fourth-order valence-corrected chi connectivity index (χ4v) is 0.813. The summed E-state index contributed by atoms with van der Waals surface area (Å²) in [6.45, 7) is 0.342. The molecule has 68 valence electrons. The number of hydrogen-bond donors (Lipinski definition) is 4. The molecule has 0 heterocycles. The van der Waals surface area contributed by atoms with Gasteiger partial charge in [0.2, 0.25) is 0 Å². The van der Waals surface area contributed by atoms with E-state index in [2.05, 4.69) is 0 Å². The smallest absolute Gasteiger partial charge is 0.394 e. The molecule has 4 N–H and O–H groups in total. The second-order valence-electron chi connectivity index (χ2n) is 1.79. The van der Waals surface area contributed by atoms with Crippen molar-refractivity contribution in [3.05, 3.63) is 0 Å².